The molecule has 0 aromatic carbocycles. The first-order chi connectivity index (χ1) is 4.30. The summed E-state index contributed by atoms with van der Waals surface area (Å²) in [4.78, 5) is 3.26. The van der Waals surface area contributed by atoms with E-state index < -0.39 is 0 Å². The molecule has 1 fully saturated rings. The normalized spacial score (nSPS) is 17.2. The summed E-state index contributed by atoms with van der Waals surface area (Å²) < 4.78 is 0. The smallest absolute Gasteiger partial charge is 0.0777 e. The third-order valence-electron chi connectivity index (χ3n) is 1.31. The lowest BCUT2D eigenvalue weighted by Crippen LogP contribution is -2.16. The summed E-state index contributed by atoms with van der Waals surface area (Å²) in [7, 11) is 2.05. The summed E-state index contributed by atoms with van der Waals surface area (Å²) in [6, 6.07) is 0. The SMILES string of the molecule is CC.CN1CCCC1=S. The lowest BCUT2D eigenvalue weighted by atomic mass is 10.4. The molecule has 0 amide bonds. The summed E-state index contributed by atoms with van der Waals surface area (Å²) in [6.07, 6.45) is 2.39. The van der Waals surface area contributed by atoms with E-state index in [-0.39, 0.29) is 0 Å². The molecule has 0 aliphatic carbocycles. The number of hydrogen-bond acceptors (Lipinski definition) is 1. The van der Waals surface area contributed by atoms with Gasteiger partial charge in [-0.25, -0.2) is 0 Å². The topological polar surface area (TPSA) is 3.24 Å². The Balaban J connectivity index is 0.000000291. The summed E-state index contributed by atoms with van der Waals surface area (Å²) in [6.45, 7) is 5.17. The first-order valence-electron chi connectivity index (χ1n) is 3.54. The second-order valence-corrected chi connectivity index (χ2v) is 2.39. The molecule has 0 bridgehead atoms. The van der Waals surface area contributed by atoms with E-state index in [0.29, 0.717) is 0 Å². The van der Waals surface area contributed by atoms with Crippen molar-refractivity contribution in [3.05, 3.63) is 0 Å². The van der Waals surface area contributed by atoms with E-state index >= 15 is 0 Å². The summed E-state index contributed by atoms with van der Waals surface area (Å²) in [5.41, 5.74) is 0. The molecule has 0 spiro atoms. The highest BCUT2D eigenvalue weighted by molar-refractivity contribution is 7.80. The number of hydrogen-bond donors (Lipinski definition) is 0. The molecular formula is C7H15NS. The Morgan fingerprint density at radius 1 is 1.44 bits per heavy atom. The summed E-state index contributed by atoms with van der Waals surface area (Å²) in [5, 5.41) is 0. The Bertz CT molecular complexity index is 90.9. The van der Waals surface area contributed by atoms with Gasteiger partial charge in [0.1, 0.15) is 0 Å². The van der Waals surface area contributed by atoms with Gasteiger partial charge in [0.05, 0.1) is 4.99 Å². The minimum atomic E-state index is 1.13. The van der Waals surface area contributed by atoms with Crippen molar-refractivity contribution < 1.29 is 0 Å². The summed E-state index contributed by atoms with van der Waals surface area (Å²) >= 11 is 4.97. The molecule has 0 atom stereocenters. The predicted octanol–water partition coefficient (Wildman–Crippen LogP) is 2.07. The fourth-order valence-corrected chi connectivity index (χ4v) is 1.02. The van der Waals surface area contributed by atoms with Crippen LogP contribution in [0.25, 0.3) is 0 Å². The van der Waals surface area contributed by atoms with Gasteiger partial charge < -0.3 is 4.90 Å². The third kappa shape index (κ3) is 2.80. The van der Waals surface area contributed by atoms with Crippen LogP contribution in [0, 0.1) is 0 Å². The van der Waals surface area contributed by atoms with Crippen LogP contribution in [0.5, 0.6) is 0 Å². The largest absolute Gasteiger partial charge is 0.369 e. The first kappa shape index (κ1) is 8.89. The van der Waals surface area contributed by atoms with Gasteiger partial charge in [-0.05, 0) is 12.8 Å². The third-order valence-corrected chi connectivity index (χ3v) is 1.83. The van der Waals surface area contributed by atoms with Crippen molar-refractivity contribution in [2.45, 2.75) is 26.7 Å². The zero-order chi connectivity index (χ0) is 7.28. The van der Waals surface area contributed by atoms with Crippen LogP contribution in [-0.2, 0) is 0 Å². The van der Waals surface area contributed by atoms with Crippen LogP contribution in [0.4, 0.5) is 0 Å². The Labute approximate surface area is 63.0 Å². The molecule has 9 heavy (non-hydrogen) atoms. The average molecular weight is 145 g/mol. The minimum absolute atomic E-state index is 1.13. The lowest BCUT2D eigenvalue weighted by Gasteiger charge is -2.06. The van der Waals surface area contributed by atoms with E-state index in [1.165, 1.54) is 13.0 Å². The zero-order valence-electron chi connectivity index (χ0n) is 6.48. The molecule has 1 heterocycles. The maximum atomic E-state index is 4.97. The highest BCUT2D eigenvalue weighted by Gasteiger charge is 2.09. The molecule has 0 N–H and O–H groups in total. The van der Waals surface area contributed by atoms with Crippen molar-refractivity contribution in [2.75, 3.05) is 13.6 Å². The van der Waals surface area contributed by atoms with E-state index in [9.17, 15) is 0 Å². The van der Waals surface area contributed by atoms with E-state index in [0.717, 1.165) is 11.4 Å². The zero-order valence-corrected chi connectivity index (χ0v) is 7.29. The molecule has 0 radical (unpaired) electrons. The van der Waals surface area contributed by atoms with Crippen molar-refractivity contribution in [2.24, 2.45) is 0 Å². The number of rotatable bonds is 0. The average Bonchev–Trinajstić information content (AvgIpc) is 2.23. The Hall–Kier alpha value is -0.110. The molecule has 54 valence electrons. The molecule has 1 aliphatic heterocycles. The first-order valence-corrected chi connectivity index (χ1v) is 3.95. The fraction of sp³-hybridized carbons (Fsp3) is 0.857. The van der Waals surface area contributed by atoms with Gasteiger partial charge in [-0.1, -0.05) is 26.1 Å². The van der Waals surface area contributed by atoms with Gasteiger partial charge in [-0.2, -0.15) is 0 Å². The van der Waals surface area contributed by atoms with E-state index in [1.54, 1.807) is 0 Å². The quantitative estimate of drug-likeness (QED) is 0.480. The molecular weight excluding hydrogens is 130 g/mol. The van der Waals surface area contributed by atoms with Crippen molar-refractivity contribution in [1.29, 1.82) is 0 Å². The highest BCUT2D eigenvalue weighted by atomic mass is 32.1. The Morgan fingerprint density at radius 2 is 2.00 bits per heavy atom. The minimum Gasteiger partial charge on any atom is -0.369 e. The molecule has 1 rings (SSSR count). The number of likely N-dealkylation sites (tertiary alicyclic amines) is 1. The predicted molar refractivity (Wildman–Crippen MR) is 45.8 cm³/mol. The van der Waals surface area contributed by atoms with Crippen LogP contribution in [0.15, 0.2) is 0 Å². The maximum absolute atomic E-state index is 4.97. The van der Waals surface area contributed by atoms with Crippen LogP contribution >= 0.6 is 12.2 Å². The summed E-state index contributed by atoms with van der Waals surface area (Å²) in [5.74, 6) is 0. The van der Waals surface area contributed by atoms with Crippen molar-refractivity contribution in [3.8, 4) is 0 Å². The lowest BCUT2D eigenvalue weighted by molar-refractivity contribution is 0.557. The molecule has 1 aliphatic rings. The van der Waals surface area contributed by atoms with Gasteiger partial charge in [0, 0.05) is 13.6 Å². The van der Waals surface area contributed by atoms with Crippen molar-refractivity contribution in [3.63, 3.8) is 0 Å². The van der Waals surface area contributed by atoms with Gasteiger partial charge in [-0.3, -0.25) is 0 Å². The van der Waals surface area contributed by atoms with E-state index in [1.807, 2.05) is 13.8 Å². The molecule has 0 aromatic heterocycles. The molecule has 1 saturated heterocycles. The van der Waals surface area contributed by atoms with Crippen LogP contribution in [0.1, 0.15) is 26.7 Å². The number of thiocarbonyl (C=S) groups is 1. The van der Waals surface area contributed by atoms with Crippen molar-refractivity contribution >= 4 is 17.2 Å². The molecule has 0 aromatic rings. The molecule has 1 nitrogen and oxygen atoms in total. The van der Waals surface area contributed by atoms with Gasteiger partial charge in [-0.15, -0.1) is 0 Å². The Kier molecular flexibility index (Phi) is 4.68. The van der Waals surface area contributed by atoms with E-state index in [2.05, 4.69) is 11.9 Å². The maximum Gasteiger partial charge on any atom is 0.0777 e. The fourth-order valence-electron chi connectivity index (χ4n) is 0.783. The second-order valence-electron chi connectivity index (χ2n) is 1.92. The van der Waals surface area contributed by atoms with Crippen LogP contribution in [-0.4, -0.2) is 23.5 Å². The van der Waals surface area contributed by atoms with Gasteiger partial charge in [0.2, 0.25) is 0 Å². The van der Waals surface area contributed by atoms with Gasteiger partial charge >= 0.3 is 0 Å². The highest BCUT2D eigenvalue weighted by Crippen LogP contribution is 2.07. The van der Waals surface area contributed by atoms with Crippen LogP contribution in [0.3, 0.4) is 0 Å². The van der Waals surface area contributed by atoms with Gasteiger partial charge in [0.25, 0.3) is 0 Å². The standard InChI is InChI=1S/C5H9NS.C2H6/c1-6-4-2-3-5(6)7;1-2/h2-4H2,1H3;1-2H3. The second kappa shape index (κ2) is 4.74. The van der Waals surface area contributed by atoms with Gasteiger partial charge in [0.15, 0.2) is 0 Å². The molecule has 2 heteroatoms. The monoisotopic (exact) mass is 145 g/mol. The molecule has 0 saturated carbocycles. The van der Waals surface area contributed by atoms with E-state index in [4.69, 9.17) is 12.2 Å². The Morgan fingerprint density at radius 3 is 2.11 bits per heavy atom. The van der Waals surface area contributed by atoms with Crippen LogP contribution < -0.4 is 0 Å². The van der Waals surface area contributed by atoms with Crippen LogP contribution in [0.2, 0.25) is 0 Å². The molecule has 0 unspecified atom stereocenters. The van der Waals surface area contributed by atoms with Crippen molar-refractivity contribution in [1.82, 2.24) is 4.90 Å². The number of nitrogens with zero attached hydrogens (tertiary/aromatic N) is 1.